The number of azo groups is 1. The van der Waals surface area contributed by atoms with Gasteiger partial charge in [-0.15, -0.1) is 0 Å². The number of nitrogens with zero attached hydrogens (tertiary/aromatic N) is 5. The van der Waals surface area contributed by atoms with Crippen LogP contribution in [-0.4, -0.2) is 20.1 Å². The summed E-state index contributed by atoms with van der Waals surface area (Å²) in [5.74, 6) is 0. The number of rotatable bonds is 0. The highest BCUT2D eigenvalue weighted by Gasteiger charge is 2.18. The molecule has 0 unspecified atom stereocenters. The SMILES string of the molecule is CC(C)(C)c1ccc2[nH]ccc2c1.CC(C)(C)c1ccc2c(c1)CN=N2.CC(C)(C)c1ccc2cnoc2c1.CC(C)(C)c1ccc2nccnc2c1. The van der Waals surface area contributed by atoms with E-state index in [9.17, 15) is 0 Å². The summed E-state index contributed by atoms with van der Waals surface area (Å²) in [6.45, 7) is 27.3. The van der Waals surface area contributed by atoms with Crippen molar-refractivity contribution < 1.29 is 4.52 Å². The van der Waals surface area contributed by atoms with E-state index in [1.807, 2.05) is 18.3 Å². The predicted octanol–water partition coefficient (Wildman–Crippen LogP) is 13.1. The Hall–Kier alpha value is -5.17. The van der Waals surface area contributed by atoms with E-state index in [2.05, 4.69) is 180 Å². The Morgan fingerprint density at radius 1 is 0.547 bits per heavy atom. The number of aromatic nitrogens is 4. The Bertz CT molecular complexity index is 2230. The highest BCUT2D eigenvalue weighted by molar-refractivity contribution is 5.80. The van der Waals surface area contributed by atoms with E-state index in [4.69, 9.17) is 4.52 Å². The molecule has 8 rings (SSSR count). The van der Waals surface area contributed by atoms with Crippen LogP contribution >= 0.6 is 0 Å². The maximum atomic E-state index is 5.10. The average Bonchev–Trinajstić information content (AvgIpc) is 3.87. The minimum atomic E-state index is 0.168. The molecular formula is C46H56N6O. The molecule has 7 nitrogen and oxygen atoms in total. The highest BCUT2D eigenvalue weighted by Crippen LogP contribution is 2.32. The van der Waals surface area contributed by atoms with Crippen LogP contribution in [0.2, 0.25) is 0 Å². The molecule has 4 heterocycles. The molecule has 1 aliphatic heterocycles. The van der Waals surface area contributed by atoms with Gasteiger partial charge in [-0.25, -0.2) is 0 Å². The van der Waals surface area contributed by atoms with Gasteiger partial charge >= 0.3 is 0 Å². The highest BCUT2D eigenvalue weighted by atomic mass is 16.5. The van der Waals surface area contributed by atoms with Gasteiger partial charge in [-0.2, -0.15) is 10.2 Å². The van der Waals surface area contributed by atoms with Crippen LogP contribution in [0.25, 0.3) is 32.9 Å². The second-order valence-corrected chi connectivity index (χ2v) is 17.9. The third-order valence-corrected chi connectivity index (χ3v) is 9.34. The summed E-state index contributed by atoms with van der Waals surface area (Å²) < 4.78 is 5.10. The number of H-pyrrole nitrogens is 1. The van der Waals surface area contributed by atoms with Gasteiger partial charge in [0.25, 0.3) is 0 Å². The zero-order valence-electron chi connectivity index (χ0n) is 33.7. The first-order valence-corrected chi connectivity index (χ1v) is 18.4. The molecule has 0 radical (unpaired) electrons. The average molecular weight is 709 g/mol. The van der Waals surface area contributed by atoms with E-state index in [1.54, 1.807) is 18.6 Å². The third-order valence-electron chi connectivity index (χ3n) is 9.34. The first kappa shape index (κ1) is 39.0. The number of hydrogen-bond donors (Lipinski definition) is 1. The molecule has 0 amide bonds. The zero-order valence-corrected chi connectivity index (χ0v) is 33.7. The van der Waals surface area contributed by atoms with Crippen molar-refractivity contribution in [1.29, 1.82) is 0 Å². The number of nitrogens with one attached hydrogen (secondary N) is 1. The van der Waals surface area contributed by atoms with Gasteiger partial charge < -0.3 is 9.51 Å². The van der Waals surface area contributed by atoms with Crippen molar-refractivity contribution in [1.82, 2.24) is 20.1 Å². The normalized spacial score (nSPS) is 12.8. The monoisotopic (exact) mass is 708 g/mol. The Balaban J connectivity index is 0.000000136. The summed E-state index contributed by atoms with van der Waals surface area (Å²) in [4.78, 5) is 11.7. The van der Waals surface area contributed by atoms with Crippen LogP contribution in [0.3, 0.4) is 0 Å². The van der Waals surface area contributed by atoms with E-state index in [-0.39, 0.29) is 21.7 Å². The van der Waals surface area contributed by atoms with E-state index in [0.29, 0.717) is 0 Å². The summed E-state index contributed by atoms with van der Waals surface area (Å²) in [5.41, 5.74) is 12.4. The molecule has 1 aliphatic rings. The van der Waals surface area contributed by atoms with Gasteiger partial charge in [0, 0.05) is 35.1 Å². The molecule has 1 N–H and O–H groups in total. The Labute approximate surface area is 315 Å². The Kier molecular flexibility index (Phi) is 11.4. The molecule has 0 bridgehead atoms. The predicted molar refractivity (Wildman–Crippen MR) is 221 cm³/mol. The van der Waals surface area contributed by atoms with Gasteiger partial charge in [0.15, 0.2) is 5.58 Å². The van der Waals surface area contributed by atoms with Gasteiger partial charge in [-0.05, 0) is 97.8 Å². The molecule has 3 aromatic heterocycles. The van der Waals surface area contributed by atoms with Crippen LogP contribution < -0.4 is 0 Å². The van der Waals surface area contributed by atoms with Gasteiger partial charge in [-0.1, -0.05) is 119 Å². The first-order chi connectivity index (χ1) is 24.8. The molecule has 0 atom stereocenters. The lowest BCUT2D eigenvalue weighted by Gasteiger charge is -2.19. The van der Waals surface area contributed by atoms with E-state index < -0.39 is 0 Å². The summed E-state index contributed by atoms with van der Waals surface area (Å²) >= 11 is 0. The quantitative estimate of drug-likeness (QED) is 0.170. The molecule has 7 aromatic rings. The Morgan fingerprint density at radius 2 is 1.11 bits per heavy atom. The maximum Gasteiger partial charge on any atom is 0.167 e. The fourth-order valence-electron chi connectivity index (χ4n) is 5.74. The van der Waals surface area contributed by atoms with Crippen molar-refractivity contribution in [3.8, 4) is 0 Å². The van der Waals surface area contributed by atoms with Crippen LogP contribution in [0.5, 0.6) is 0 Å². The van der Waals surface area contributed by atoms with Crippen molar-refractivity contribution in [3.63, 3.8) is 0 Å². The topological polar surface area (TPSA) is 92.3 Å². The van der Waals surface area contributed by atoms with Crippen LogP contribution in [0, 0.1) is 0 Å². The molecule has 276 valence electrons. The fraction of sp³-hybridized carbons (Fsp3) is 0.370. The molecule has 0 fully saturated rings. The lowest BCUT2D eigenvalue weighted by atomic mass is 9.86. The van der Waals surface area contributed by atoms with Crippen LogP contribution in [-0.2, 0) is 28.2 Å². The summed E-state index contributed by atoms with van der Waals surface area (Å²) in [6, 6.07) is 27.6. The van der Waals surface area contributed by atoms with Gasteiger partial charge in [0.2, 0.25) is 0 Å². The number of aromatic amines is 1. The summed E-state index contributed by atoms with van der Waals surface area (Å²) in [5, 5.41) is 14.2. The van der Waals surface area contributed by atoms with Crippen molar-refractivity contribution >= 4 is 38.6 Å². The smallest absolute Gasteiger partial charge is 0.167 e. The van der Waals surface area contributed by atoms with Crippen molar-refractivity contribution in [2.24, 2.45) is 10.2 Å². The lowest BCUT2D eigenvalue weighted by Crippen LogP contribution is -2.10. The van der Waals surface area contributed by atoms with Gasteiger partial charge in [0.05, 0.1) is 29.5 Å². The lowest BCUT2D eigenvalue weighted by molar-refractivity contribution is 0.455. The van der Waals surface area contributed by atoms with Gasteiger partial charge in [0.1, 0.15) is 0 Å². The minimum Gasteiger partial charge on any atom is -0.361 e. The van der Waals surface area contributed by atoms with Crippen LogP contribution in [0.4, 0.5) is 5.69 Å². The van der Waals surface area contributed by atoms with Crippen LogP contribution in [0.1, 0.15) is 111 Å². The van der Waals surface area contributed by atoms with Crippen molar-refractivity contribution in [2.45, 2.75) is 111 Å². The molecule has 0 aliphatic carbocycles. The number of hydrogen-bond acceptors (Lipinski definition) is 6. The maximum absolute atomic E-state index is 5.10. The molecule has 0 saturated carbocycles. The van der Waals surface area contributed by atoms with Crippen LogP contribution in [0.15, 0.2) is 118 Å². The molecule has 53 heavy (non-hydrogen) atoms. The summed E-state index contributed by atoms with van der Waals surface area (Å²) in [6.07, 6.45) is 7.17. The standard InChI is InChI=1S/C12H14N2.C12H15N.C11H14N2.C11H13NO/c1-12(2,3)9-4-5-10-11(8-9)14-7-6-13-10;1-12(2,3)10-4-5-11-9(8-10)6-7-13-11;1-11(2,3)9-4-5-10-8(6-9)7-12-13-10;1-11(2,3)9-5-4-8-7-12-13-10(8)6-9/h4-8H,1-3H3;4-8,13H,1-3H3;4-6H,7H2,1-3H3;4-7H,1-3H3. The fourth-order valence-corrected chi connectivity index (χ4v) is 5.74. The second kappa shape index (κ2) is 15.4. The Morgan fingerprint density at radius 3 is 1.79 bits per heavy atom. The number of fused-ring (bicyclic) bond motifs is 4. The molecular weight excluding hydrogens is 653 g/mol. The van der Waals surface area contributed by atoms with Crippen molar-refractivity contribution in [3.05, 3.63) is 131 Å². The van der Waals surface area contributed by atoms with E-state index >= 15 is 0 Å². The van der Waals surface area contributed by atoms with E-state index in [1.165, 1.54) is 38.7 Å². The first-order valence-electron chi connectivity index (χ1n) is 18.4. The minimum absolute atomic E-state index is 0.168. The number of benzene rings is 4. The second-order valence-electron chi connectivity index (χ2n) is 17.9. The third kappa shape index (κ3) is 10.2. The molecule has 4 aromatic carbocycles. The van der Waals surface area contributed by atoms with Crippen molar-refractivity contribution in [2.75, 3.05) is 0 Å². The largest absolute Gasteiger partial charge is 0.361 e. The van der Waals surface area contributed by atoms with E-state index in [0.717, 1.165) is 34.2 Å². The molecule has 0 spiro atoms. The zero-order chi connectivity index (χ0) is 38.6. The molecule has 0 saturated heterocycles. The van der Waals surface area contributed by atoms with Gasteiger partial charge in [-0.3, -0.25) is 9.97 Å². The summed E-state index contributed by atoms with van der Waals surface area (Å²) in [7, 11) is 0. The molecule has 7 heteroatoms.